The van der Waals surface area contributed by atoms with Crippen molar-refractivity contribution in [2.75, 3.05) is 6.61 Å². The summed E-state index contributed by atoms with van der Waals surface area (Å²) in [5, 5.41) is 6.47. The number of benzene rings is 1. The van der Waals surface area contributed by atoms with Gasteiger partial charge in [0.15, 0.2) is 0 Å². The van der Waals surface area contributed by atoms with E-state index >= 15 is 0 Å². The van der Waals surface area contributed by atoms with Gasteiger partial charge >= 0.3 is 0 Å². The van der Waals surface area contributed by atoms with E-state index in [2.05, 4.69) is 27.7 Å². The monoisotopic (exact) mass is 362 g/mol. The van der Waals surface area contributed by atoms with Crippen LogP contribution in [0.2, 0.25) is 5.02 Å². The summed E-state index contributed by atoms with van der Waals surface area (Å²) in [6, 6.07) is 3.92. The van der Waals surface area contributed by atoms with Crippen molar-refractivity contribution in [3.8, 4) is 0 Å². The first-order chi connectivity index (χ1) is 8.25. The van der Waals surface area contributed by atoms with Crippen molar-refractivity contribution in [2.45, 2.75) is 25.5 Å². The zero-order chi connectivity index (χ0) is 11.8. The van der Waals surface area contributed by atoms with Gasteiger partial charge in [-0.3, -0.25) is 0 Å². The molecule has 1 aromatic carbocycles. The van der Waals surface area contributed by atoms with Crippen molar-refractivity contribution in [1.29, 1.82) is 0 Å². The minimum absolute atomic E-state index is 0.0886. The topological polar surface area (TPSA) is 27.1 Å². The van der Waals surface area contributed by atoms with E-state index in [4.69, 9.17) is 16.3 Å². The fraction of sp³-hybridized carbons (Fsp3) is 0.417. The van der Waals surface area contributed by atoms with Crippen molar-refractivity contribution in [3.63, 3.8) is 0 Å². The highest BCUT2D eigenvalue weighted by molar-refractivity contribution is 14.1. The van der Waals surface area contributed by atoms with Crippen LogP contribution in [0.5, 0.6) is 0 Å². The molecule has 2 heterocycles. The summed E-state index contributed by atoms with van der Waals surface area (Å²) in [6.07, 6.45) is 5.53. The summed E-state index contributed by atoms with van der Waals surface area (Å²) in [4.78, 5) is 0. The zero-order valence-corrected chi connectivity index (χ0v) is 12.1. The molecule has 0 spiro atoms. The van der Waals surface area contributed by atoms with Crippen LogP contribution in [0.15, 0.2) is 18.3 Å². The smallest absolute Gasteiger partial charge is 0.150 e. The molecule has 1 saturated heterocycles. The van der Waals surface area contributed by atoms with Gasteiger partial charge in [-0.1, -0.05) is 11.6 Å². The summed E-state index contributed by atoms with van der Waals surface area (Å²) in [5.74, 6) is 0. The van der Waals surface area contributed by atoms with Crippen LogP contribution < -0.4 is 0 Å². The highest BCUT2D eigenvalue weighted by Crippen LogP contribution is 2.29. The standard InChI is InChI=1S/C12H12ClIN2O/c13-9-5-4-8-7-16(15-12(8)11(9)14)10-3-1-2-6-17-10/h4-5,7,10H,1-3,6H2. The highest BCUT2D eigenvalue weighted by atomic mass is 127. The van der Waals surface area contributed by atoms with Crippen molar-refractivity contribution in [2.24, 2.45) is 0 Å². The quantitative estimate of drug-likeness (QED) is 0.717. The van der Waals surface area contributed by atoms with Crippen molar-refractivity contribution in [1.82, 2.24) is 9.78 Å². The Bertz CT molecular complexity index is 549. The van der Waals surface area contributed by atoms with Gasteiger partial charge in [0.25, 0.3) is 0 Å². The molecular formula is C12H12ClIN2O. The molecule has 1 unspecified atom stereocenters. The molecule has 2 aromatic rings. The molecule has 90 valence electrons. The van der Waals surface area contributed by atoms with Gasteiger partial charge in [-0.05, 0) is 54.0 Å². The van der Waals surface area contributed by atoms with Crippen LogP contribution in [0.3, 0.4) is 0 Å². The molecule has 3 rings (SSSR count). The van der Waals surface area contributed by atoms with Gasteiger partial charge in [-0.15, -0.1) is 0 Å². The zero-order valence-electron chi connectivity index (χ0n) is 9.20. The Morgan fingerprint density at radius 2 is 2.29 bits per heavy atom. The van der Waals surface area contributed by atoms with E-state index in [1.54, 1.807) is 0 Å². The second kappa shape index (κ2) is 4.74. The lowest BCUT2D eigenvalue weighted by Crippen LogP contribution is -2.18. The molecule has 1 atom stereocenters. The molecule has 0 aliphatic carbocycles. The lowest BCUT2D eigenvalue weighted by molar-refractivity contribution is -0.0390. The van der Waals surface area contributed by atoms with Crippen LogP contribution in [0.4, 0.5) is 0 Å². The third kappa shape index (κ3) is 2.18. The Labute approximate surface area is 118 Å². The molecule has 1 aromatic heterocycles. The molecule has 0 amide bonds. The largest absolute Gasteiger partial charge is 0.357 e. The van der Waals surface area contributed by atoms with Gasteiger partial charge < -0.3 is 4.74 Å². The van der Waals surface area contributed by atoms with E-state index in [0.717, 1.165) is 38.9 Å². The van der Waals surface area contributed by atoms with E-state index in [1.165, 1.54) is 6.42 Å². The summed E-state index contributed by atoms with van der Waals surface area (Å²) in [6.45, 7) is 0.832. The predicted molar refractivity (Wildman–Crippen MR) is 76.3 cm³/mol. The maximum atomic E-state index is 6.09. The minimum atomic E-state index is 0.0886. The van der Waals surface area contributed by atoms with Gasteiger partial charge in [-0.25, -0.2) is 4.68 Å². The number of aromatic nitrogens is 2. The highest BCUT2D eigenvalue weighted by Gasteiger charge is 2.18. The first-order valence-electron chi connectivity index (χ1n) is 5.70. The maximum Gasteiger partial charge on any atom is 0.150 e. The molecule has 0 radical (unpaired) electrons. The Kier molecular flexibility index (Phi) is 3.28. The number of fused-ring (bicyclic) bond motifs is 1. The first kappa shape index (κ1) is 11.7. The van der Waals surface area contributed by atoms with Crippen LogP contribution in [-0.4, -0.2) is 16.4 Å². The van der Waals surface area contributed by atoms with Gasteiger partial charge in [0.2, 0.25) is 0 Å². The maximum absolute atomic E-state index is 6.09. The second-order valence-electron chi connectivity index (χ2n) is 4.23. The van der Waals surface area contributed by atoms with Gasteiger partial charge in [0.05, 0.1) is 8.59 Å². The van der Waals surface area contributed by atoms with Crippen molar-refractivity contribution < 1.29 is 4.74 Å². The average molecular weight is 363 g/mol. The SMILES string of the molecule is Clc1ccc2cn(C3CCCCO3)nc2c1I. The molecule has 5 heteroatoms. The van der Waals surface area contributed by atoms with E-state index in [0.29, 0.717) is 0 Å². The van der Waals surface area contributed by atoms with Gasteiger partial charge in [0, 0.05) is 18.2 Å². The fourth-order valence-electron chi connectivity index (χ4n) is 2.13. The molecule has 3 nitrogen and oxygen atoms in total. The second-order valence-corrected chi connectivity index (χ2v) is 5.72. The number of hydrogen-bond donors (Lipinski definition) is 0. The van der Waals surface area contributed by atoms with E-state index in [9.17, 15) is 0 Å². The van der Waals surface area contributed by atoms with Crippen LogP contribution in [0.25, 0.3) is 10.9 Å². The number of nitrogens with zero attached hydrogens (tertiary/aromatic N) is 2. The Balaban J connectivity index is 2.04. The van der Waals surface area contributed by atoms with E-state index in [1.807, 2.05) is 23.0 Å². The minimum Gasteiger partial charge on any atom is -0.357 e. The number of hydrogen-bond acceptors (Lipinski definition) is 2. The summed E-state index contributed by atoms with van der Waals surface area (Å²) in [5.41, 5.74) is 0.965. The van der Waals surface area contributed by atoms with E-state index in [-0.39, 0.29) is 6.23 Å². The number of rotatable bonds is 1. The lowest BCUT2D eigenvalue weighted by atomic mass is 10.2. The molecule has 0 bridgehead atoms. The Hall–Kier alpha value is -0.330. The average Bonchev–Trinajstić information content (AvgIpc) is 2.80. The number of ether oxygens (including phenoxy) is 1. The fourth-order valence-corrected chi connectivity index (χ4v) is 2.88. The third-order valence-electron chi connectivity index (χ3n) is 3.04. The van der Waals surface area contributed by atoms with Gasteiger partial charge in [0.1, 0.15) is 11.7 Å². The third-order valence-corrected chi connectivity index (χ3v) is 4.76. The molecule has 1 aliphatic heterocycles. The molecular weight excluding hydrogens is 351 g/mol. The van der Waals surface area contributed by atoms with Gasteiger partial charge in [-0.2, -0.15) is 5.10 Å². The van der Waals surface area contributed by atoms with Crippen LogP contribution in [-0.2, 0) is 4.74 Å². The lowest BCUT2D eigenvalue weighted by Gasteiger charge is -2.22. The predicted octanol–water partition coefficient (Wildman–Crippen LogP) is 3.99. The molecule has 0 N–H and O–H groups in total. The van der Waals surface area contributed by atoms with Crippen LogP contribution in [0.1, 0.15) is 25.5 Å². The molecule has 17 heavy (non-hydrogen) atoms. The normalized spacial score (nSPS) is 20.9. The molecule has 0 saturated carbocycles. The van der Waals surface area contributed by atoms with Crippen molar-refractivity contribution >= 4 is 45.1 Å². The first-order valence-corrected chi connectivity index (χ1v) is 7.16. The van der Waals surface area contributed by atoms with Crippen molar-refractivity contribution in [3.05, 3.63) is 26.9 Å². The molecule has 1 fully saturated rings. The van der Waals surface area contributed by atoms with E-state index < -0.39 is 0 Å². The Morgan fingerprint density at radius 1 is 1.41 bits per heavy atom. The summed E-state index contributed by atoms with van der Waals surface area (Å²) in [7, 11) is 0. The molecule has 1 aliphatic rings. The van der Waals surface area contributed by atoms with Crippen LogP contribution in [0, 0.1) is 3.57 Å². The van der Waals surface area contributed by atoms with Crippen LogP contribution >= 0.6 is 34.2 Å². The summed E-state index contributed by atoms with van der Waals surface area (Å²) < 4.78 is 8.67. The summed E-state index contributed by atoms with van der Waals surface area (Å²) >= 11 is 8.33. The Morgan fingerprint density at radius 3 is 3.06 bits per heavy atom. The number of halogens is 2.